The molecule has 0 aliphatic carbocycles. The van der Waals surface area contributed by atoms with Gasteiger partial charge in [0.2, 0.25) is 0 Å². The third-order valence-electron chi connectivity index (χ3n) is 12.2. The Balaban J connectivity index is 2.23. The third kappa shape index (κ3) is 33.6. The van der Waals surface area contributed by atoms with Crippen molar-refractivity contribution < 1.29 is 49.0 Å². The Bertz CT molecular complexity index is 1010. The van der Waals surface area contributed by atoms with Crippen molar-refractivity contribution in [1.29, 1.82) is 0 Å². The zero-order chi connectivity index (χ0) is 44.4. The molecule has 61 heavy (non-hydrogen) atoms. The van der Waals surface area contributed by atoms with Gasteiger partial charge in [-0.25, -0.2) is 0 Å². The van der Waals surface area contributed by atoms with E-state index in [1.807, 2.05) is 0 Å². The lowest BCUT2D eigenvalue weighted by atomic mass is 9.99. The fourth-order valence-corrected chi connectivity index (χ4v) is 8.07. The number of allylic oxidation sites excluding steroid dienone is 2. The number of aliphatic hydroxyl groups is 4. The van der Waals surface area contributed by atoms with Crippen molar-refractivity contribution in [3.8, 4) is 0 Å². The van der Waals surface area contributed by atoms with Crippen molar-refractivity contribution in [1.82, 2.24) is 0 Å². The topological polar surface area (TPSA) is 152 Å². The second-order valence-electron chi connectivity index (χ2n) is 18.0. The molecule has 1 aliphatic heterocycles. The van der Waals surface area contributed by atoms with Crippen LogP contribution >= 0.6 is 0 Å². The molecule has 1 rings (SSSR count). The molecule has 0 amide bonds. The zero-order valence-electron chi connectivity index (χ0n) is 39.4. The maximum absolute atomic E-state index is 12.8. The molecule has 0 aromatic carbocycles. The number of aliphatic hydroxyl groups excluding tert-OH is 4. The van der Waals surface area contributed by atoms with E-state index in [1.165, 1.54) is 173 Å². The fourth-order valence-electron chi connectivity index (χ4n) is 8.07. The monoisotopic (exact) mass is 869 g/mol. The highest BCUT2D eigenvalue weighted by Gasteiger charge is 2.44. The maximum atomic E-state index is 12.8. The molecule has 0 bridgehead atoms. The van der Waals surface area contributed by atoms with E-state index in [2.05, 4.69) is 26.0 Å². The molecule has 0 radical (unpaired) electrons. The standard InChI is InChI=1S/C51H96O10/c1-3-5-7-9-11-13-15-17-19-20-21-22-23-24-26-27-29-31-33-35-37-39-46(53)58-42-44(43-59-51-50(57)49(56)48(55)45(41-52)61-51)60-47(54)40-38-36-34-32-30-28-25-18-16-14-12-10-8-6-4-2/h17,19,44-45,48-52,55-57H,3-16,18,20-43H2,1-2H3/b19-17+/t44-,45-,48+,49?,50?,51-/m0/s1. The molecule has 2 unspecified atom stereocenters. The number of hydrogen-bond donors (Lipinski definition) is 4. The van der Waals surface area contributed by atoms with Gasteiger partial charge in [0.05, 0.1) is 13.2 Å². The average molecular weight is 869 g/mol. The van der Waals surface area contributed by atoms with Crippen LogP contribution in [0.4, 0.5) is 0 Å². The fraction of sp³-hybridized carbons (Fsp3) is 0.922. The summed E-state index contributed by atoms with van der Waals surface area (Å²) in [5.74, 6) is -0.792. The minimum Gasteiger partial charge on any atom is -0.462 e. The molecule has 6 atom stereocenters. The average Bonchev–Trinajstić information content (AvgIpc) is 3.26. The van der Waals surface area contributed by atoms with Gasteiger partial charge < -0.3 is 39.4 Å². The summed E-state index contributed by atoms with van der Waals surface area (Å²) in [6, 6.07) is 0. The summed E-state index contributed by atoms with van der Waals surface area (Å²) in [6.07, 6.45) is 39.3. The lowest BCUT2D eigenvalue weighted by Gasteiger charge is -2.39. The molecule has 0 spiro atoms. The van der Waals surface area contributed by atoms with Crippen LogP contribution in [-0.2, 0) is 28.5 Å². The molecular weight excluding hydrogens is 773 g/mol. The Kier molecular flexibility index (Phi) is 39.9. The first kappa shape index (κ1) is 57.5. The van der Waals surface area contributed by atoms with Crippen LogP contribution in [0.25, 0.3) is 0 Å². The number of ether oxygens (including phenoxy) is 4. The lowest BCUT2D eigenvalue weighted by molar-refractivity contribution is -0.305. The number of carbonyl (C=O) groups is 2. The molecule has 1 heterocycles. The normalized spacial score (nSPS) is 19.7. The summed E-state index contributed by atoms with van der Waals surface area (Å²) < 4.78 is 22.2. The number of rotatable bonds is 44. The van der Waals surface area contributed by atoms with Crippen LogP contribution in [0.15, 0.2) is 12.2 Å². The summed E-state index contributed by atoms with van der Waals surface area (Å²) in [7, 11) is 0. The second kappa shape index (κ2) is 42.4. The van der Waals surface area contributed by atoms with Gasteiger partial charge in [0, 0.05) is 12.8 Å². The van der Waals surface area contributed by atoms with Crippen LogP contribution in [0.1, 0.15) is 245 Å². The Labute approximate surface area is 373 Å². The van der Waals surface area contributed by atoms with E-state index in [4.69, 9.17) is 18.9 Å². The molecule has 1 aliphatic rings. The predicted molar refractivity (Wildman–Crippen MR) is 247 cm³/mol. The Morgan fingerprint density at radius 3 is 1.28 bits per heavy atom. The minimum atomic E-state index is -1.59. The van der Waals surface area contributed by atoms with Crippen LogP contribution < -0.4 is 0 Å². The van der Waals surface area contributed by atoms with Gasteiger partial charge in [0.15, 0.2) is 12.4 Å². The SMILES string of the molecule is CCCCCCCC/C=C/CCCCCCCCCCCCCC(=O)OC[C@@H](CO[C@H]1O[C@@H](CO)[C@@H](O)C(O)C1O)OC(=O)CCCCCCCCCCCCCCCCC. The van der Waals surface area contributed by atoms with E-state index in [0.29, 0.717) is 6.42 Å². The number of esters is 2. The van der Waals surface area contributed by atoms with Crippen LogP contribution in [-0.4, -0.2) is 89.0 Å². The van der Waals surface area contributed by atoms with Crippen molar-refractivity contribution in [2.45, 2.75) is 282 Å². The van der Waals surface area contributed by atoms with Crippen LogP contribution in [0.3, 0.4) is 0 Å². The molecule has 4 N–H and O–H groups in total. The van der Waals surface area contributed by atoms with Crippen molar-refractivity contribution in [3.63, 3.8) is 0 Å². The Morgan fingerprint density at radius 1 is 0.492 bits per heavy atom. The maximum Gasteiger partial charge on any atom is 0.306 e. The first-order valence-corrected chi connectivity index (χ1v) is 25.8. The highest BCUT2D eigenvalue weighted by Crippen LogP contribution is 2.23. The largest absolute Gasteiger partial charge is 0.462 e. The van der Waals surface area contributed by atoms with E-state index < -0.39 is 49.4 Å². The van der Waals surface area contributed by atoms with Crippen LogP contribution in [0.2, 0.25) is 0 Å². The van der Waals surface area contributed by atoms with Gasteiger partial charge in [-0.3, -0.25) is 9.59 Å². The quantitative estimate of drug-likeness (QED) is 0.0264. The second-order valence-corrected chi connectivity index (χ2v) is 18.0. The summed E-state index contributed by atoms with van der Waals surface area (Å²) in [5.41, 5.74) is 0. The Hall–Kier alpha value is -1.56. The first-order valence-electron chi connectivity index (χ1n) is 25.8. The third-order valence-corrected chi connectivity index (χ3v) is 12.2. The van der Waals surface area contributed by atoms with Crippen molar-refractivity contribution in [2.75, 3.05) is 19.8 Å². The van der Waals surface area contributed by atoms with E-state index >= 15 is 0 Å². The minimum absolute atomic E-state index is 0.212. The van der Waals surface area contributed by atoms with Gasteiger partial charge in [-0.15, -0.1) is 0 Å². The molecule has 360 valence electrons. The molecule has 0 aromatic heterocycles. The van der Waals surface area contributed by atoms with Crippen LogP contribution in [0, 0.1) is 0 Å². The summed E-state index contributed by atoms with van der Waals surface area (Å²) in [5, 5.41) is 40.2. The molecule has 1 fully saturated rings. The van der Waals surface area contributed by atoms with E-state index in [0.717, 1.165) is 38.5 Å². The van der Waals surface area contributed by atoms with Gasteiger partial charge in [0.25, 0.3) is 0 Å². The Morgan fingerprint density at radius 2 is 0.869 bits per heavy atom. The number of hydrogen-bond acceptors (Lipinski definition) is 10. The summed E-state index contributed by atoms with van der Waals surface area (Å²) >= 11 is 0. The molecule has 10 nitrogen and oxygen atoms in total. The van der Waals surface area contributed by atoms with Crippen LogP contribution in [0.5, 0.6) is 0 Å². The van der Waals surface area contributed by atoms with E-state index in [-0.39, 0.29) is 32.0 Å². The molecule has 1 saturated heterocycles. The van der Waals surface area contributed by atoms with Gasteiger partial charge in [-0.2, -0.15) is 0 Å². The molecular formula is C51H96O10. The van der Waals surface area contributed by atoms with Crippen molar-refractivity contribution in [3.05, 3.63) is 12.2 Å². The summed E-state index contributed by atoms with van der Waals surface area (Å²) in [6.45, 7) is 3.46. The van der Waals surface area contributed by atoms with E-state index in [9.17, 15) is 30.0 Å². The number of carbonyl (C=O) groups excluding carboxylic acids is 2. The molecule has 0 aromatic rings. The summed E-state index contributed by atoms with van der Waals surface area (Å²) in [4.78, 5) is 25.4. The zero-order valence-corrected chi connectivity index (χ0v) is 39.4. The van der Waals surface area contributed by atoms with Gasteiger partial charge >= 0.3 is 11.9 Å². The smallest absolute Gasteiger partial charge is 0.306 e. The molecule has 0 saturated carbocycles. The van der Waals surface area contributed by atoms with Crippen molar-refractivity contribution in [2.24, 2.45) is 0 Å². The van der Waals surface area contributed by atoms with E-state index in [1.54, 1.807) is 0 Å². The first-order chi connectivity index (χ1) is 29.8. The highest BCUT2D eigenvalue weighted by atomic mass is 16.7. The number of unbranched alkanes of at least 4 members (excludes halogenated alkanes) is 31. The lowest BCUT2D eigenvalue weighted by Crippen LogP contribution is -2.59. The van der Waals surface area contributed by atoms with Gasteiger partial charge in [-0.05, 0) is 38.5 Å². The van der Waals surface area contributed by atoms with Gasteiger partial charge in [-0.1, -0.05) is 206 Å². The predicted octanol–water partition coefficient (Wildman–Crippen LogP) is 11.9. The molecule has 10 heteroatoms. The highest BCUT2D eigenvalue weighted by molar-refractivity contribution is 5.70. The van der Waals surface area contributed by atoms with Gasteiger partial charge in [0.1, 0.15) is 31.0 Å². The van der Waals surface area contributed by atoms with Crippen molar-refractivity contribution >= 4 is 11.9 Å².